The van der Waals surface area contributed by atoms with E-state index in [-0.39, 0.29) is 35.4 Å². The molecule has 1 aromatic heterocycles. The Morgan fingerprint density at radius 3 is 2.48 bits per heavy atom. The Hall–Kier alpha value is -2.36. The summed E-state index contributed by atoms with van der Waals surface area (Å²) in [6.45, 7) is 4.94. The number of amides is 1. The molecule has 1 aromatic carbocycles. The van der Waals surface area contributed by atoms with Crippen LogP contribution in [0.25, 0.3) is 0 Å². The number of pyridine rings is 1. The number of carbonyl (C=O) groups is 1. The Morgan fingerprint density at radius 2 is 1.84 bits per heavy atom. The molecule has 0 aliphatic carbocycles. The van der Waals surface area contributed by atoms with Gasteiger partial charge in [-0.15, -0.1) is 24.0 Å². The molecule has 2 heterocycles. The maximum atomic E-state index is 11.9. The SMILES string of the molecule is CN=C(NCCCCn1c(C)cccc1=O)NCc1ccc(N2CCCC2=O)cc1.I. The Balaban J connectivity index is 0.00000341. The third-order valence-electron chi connectivity index (χ3n) is 5.37. The van der Waals surface area contributed by atoms with Crippen molar-refractivity contribution in [2.24, 2.45) is 4.99 Å². The Labute approximate surface area is 201 Å². The van der Waals surface area contributed by atoms with Crippen molar-refractivity contribution in [1.82, 2.24) is 15.2 Å². The number of unbranched alkanes of at least 4 members (excludes halogenated alkanes) is 1. The highest BCUT2D eigenvalue weighted by Gasteiger charge is 2.21. The van der Waals surface area contributed by atoms with Gasteiger partial charge in [0.05, 0.1) is 0 Å². The number of aliphatic imine (C=N–C) groups is 1. The number of nitrogens with one attached hydrogen (secondary N) is 2. The normalized spacial score (nSPS) is 13.8. The minimum Gasteiger partial charge on any atom is -0.356 e. The average molecular weight is 537 g/mol. The van der Waals surface area contributed by atoms with Gasteiger partial charge in [0, 0.05) is 57.1 Å². The molecule has 0 radical (unpaired) electrons. The standard InChI is InChI=1S/C23H31N5O2.HI/c1-18-7-5-8-21(29)27(18)15-4-3-14-25-23(24-2)26-17-19-10-12-20(13-11-19)28-16-6-9-22(28)30;/h5,7-8,10-13H,3-4,6,9,14-17H2,1-2H3,(H2,24,25,26);1H. The highest BCUT2D eigenvalue weighted by Crippen LogP contribution is 2.21. The number of anilines is 1. The first-order valence-electron chi connectivity index (χ1n) is 10.6. The van der Waals surface area contributed by atoms with Gasteiger partial charge in [0.2, 0.25) is 5.91 Å². The van der Waals surface area contributed by atoms with Crippen molar-refractivity contribution in [1.29, 1.82) is 0 Å². The summed E-state index contributed by atoms with van der Waals surface area (Å²) < 4.78 is 1.81. The van der Waals surface area contributed by atoms with E-state index in [0.717, 1.165) is 61.8 Å². The molecular formula is C23H32IN5O2. The first-order chi connectivity index (χ1) is 14.6. The minimum absolute atomic E-state index is 0. The minimum atomic E-state index is 0. The number of benzene rings is 1. The summed E-state index contributed by atoms with van der Waals surface area (Å²) >= 11 is 0. The molecule has 0 atom stereocenters. The number of hydrogen-bond acceptors (Lipinski definition) is 3. The molecule has 8 heteroatoms. The average Bonchev–Trinajstić information content (AvgIpc) is 3.18. The first kappa shape index (κ1) is 24.9. The molecule has 1 aliphatic heterocycles. The van der Waals surface area contributed by atoms with Gasteiger partial charge in [0.25, 0.3) is 5.56 Å². The maximum Gasteiger partial charge on any atom is 0.250 e. The summed E-state index contributed by atoms with van der Waals surface area (Å²) in [7, 11) is 1.75. The van der Waals surface area contributed by atoms with Crippen molar-refractivity contribution in [2.45, 2.75) is 45.7 Å². The second kappa shape index (κ2) is 12.5. The predicted molar refractivity (Wildman–Crippen MR) is 136 cm³/mol. The molecule has 1 saturated heterocycles. The van der Waals surface area contributed by atoms with Gasteiger partial charge in [0.1, 0.15) is 0 Å². The van der Waals surface area contributed by atoms with Gasteiger partial charge < -0.3 is 20.1 Å². The third kappa shape index (κ3) is 7.09. The highest BCUT2D eigenvalue weighted by molar-refractivity contribution is 14.0. The summed E-state index contributed by atoms with van der Waals surface area (Å²) in [6.07, 6.45) is 3.45. The quantitative estimate of drug-likeness (QED) is 0.235. The summed E-state index contributed by atoms with van der Waals surface area (Å²) in [6, 6.07) is 13.5. The Bertz CT molecular complexity index is 940. The fourth-order valence-corrected chi connectivity index (χ4v) is 3.63. The van der Waals surface area contributed by atoms with Crippen LogP contribution >= 0.6 is 24.0 Å². The van der Waals surface area contributed by atoms with Gasteiger partial charge in [-0.2, -0.15) is 0 Å². The van der Waals surface area contributed by atoms with Gasteiger partial charge in [-0.25, -0.2) is 0 Å². The van der Waals surface area contributed by atoms with Crippen molar-refractivity contribution >= 4 is 41.5 Å². The zero-order chi connectivity index (χ0) is 21.3. The lowest BCUT2D eigenvalue weighted by molar-refractivity contribution is -0.117. The fourth-order valence-electron chi connectivity index (χ4n) is 3.63. The van der Waals surface area contributed by atoms with E-state index >= 15 is 0 Å². The van der Waals surface area contributed by atoms with Gasteiger partial charge in [-0.3, -0.25) is 14.6 Å². The van der Waals surface area contributed by atoms with Crippen molar-refractivity contribution in [3.05, 3.63) is 64.1 Å². The van der Waals surface area contributed by atoms with E-state index in [1.807, 2.05) is 46.7 Å². The number of guanidine groups is 1. The lowest BCUT2D eigenvalue weighted by atomic mass is 10.2. The van der Waals surface area contributed by atoms with Crippen LogP contribution in [0.1, 0.15) is 36.9 Å². The second-order valence-corrected chi connectivity index (χ2v) is 7.53. The largest absolute Gasteiger partial charge is 0.356 e. The molecule has 1 amide bonds. The van der Waals surface area contributed by atoms with Gasteiger partial charge in [0.15, 0.2) is 5.96 Å². The number of nitrogens with zero attached hydrogens (tertiary/aromatic N) is 3. The molecule has 0 unspecified atom stereocenters. The Morgan fingerprint density at radius 1 is 1.06 bits per heavy atom. The smallest absolute Gasteiger partial charge is 0.250 e. The van der Waals surface area contributed by atoms with Crippen molar-refractivity contribution in [2.75, 3.05) is 25.0 Å². The number of carbonyl (C=O) groups excluding carboxylic acids is 1. The molecular weight excluding hydrogens is 505 g/mol. The molecule has 31 heavy (non-hydrogen) atoms. The van der Waals surface area contributed by atoms with Crippen LogP contribution in [0.15, 0.2) is 52.3 Å². The van der Waals surface area contributed by atoms with Crippen molar-refractivity contribution < 1.29 is 4.79 Å². The number of hydrogen-bond donors (Lipinski definition) is 2. The Kier molecular flexibility index (Phi) is 10.0. The van der Waals surface area contributed by atoms with E-state index in [4.69, 9.17) is 0 Å². The monoisotopic (exact) mass is 537 g/mol. The van der Waals surface area contributed by atoms with Crippen LogP contribution in [0.3, 0.4) is 0 Å². The number of halogens is 1. The number of aromatic nitrogens is 1. The summed E-state index contributed by atoms with van der Waals surface area (Å²) in [4.78, 5) is 29.8. The maximum absolute atomic E-state index is 11.9. The van der Waals surface area contributed by atoms with Gasteiger partial charge in [-0.1, -0.05) is 18.2 Å². The van der Waals surface area contributed by atoms with Crippen LogP contribution in [0.2, 0.25) is 0 Å². The highest BCUT2D eigenvalue weighted by atomic mass is 127. The molecule has 7 nitrogen and oxygen atoms in total. The lowest BCUT2D eigenvalue weighted by Crippen LogP contribution is -2.37. The topological polar surface area (TPSA) is 78.7 Å². The third-order valence-corrected chi connectivity index (χ3v) is 5.37. The van der Waals surface area contributed by atoms with Crippen molar-refractivity contribution in [3.8, 4) is 0 Å². The predicted octanol–water partition coefficient (Wildman–Crippen LogP) is 3.05. The molecule has 168 valence electrons. The van der Waals surface area contributed by atoms with Crippen LogP contribution in [-0.2, 0) is 17.9 Å². The van der Waals surface area contributed by atoms with E-state index in [1.54, 1.807) is 19.2 Å². The van der Waals surface area contributed by atoms with Gasteiger partial charge in [-0.05, 0) is 49.9 Å². The second-order valence-electron chi connectivity index (χ2n) is 7.53. The van der Waals surface area contributed by atoms with Crippen LogP contribution in [-0.4, -0.2) is 36.6 Å². The molecule has 1 aliphatic rings. The van der Waals surface area contributed by atoms with Crippen LogP contribution in [0.4, 0.5) is 5.69 Å². The van der Waals surface area contributed by atoms with Crippen LogP contribution < -0.4 is 21.1 Å². The summed E-state index contributed by atoms with van der Waals surface area (Å²) in [5, 5.41) is 6.63. The van der Waals surface area contributed by atoms with Gasteiger partial charge >= 0.3 is 0 Å². The zero-order valence-electron chi connectivity index (χ0n) is 18.3. The molecule has 2 aromatic rings. The molecule has 0 saturated carbocycles. The number of rotatable bonds is 8. The van der Waals surface area contributed by atoms with E-state index in [1.165, 1.54) is 0 Å². The van der Waals surface area contributed by atoms with Crippen molar-refractivity contribution in [3.63, 3.8) is 0 Å². The van der Waals surface area contributed by atoms with E-state index in [0.29, 0.717) is 13.0 Å². The fraction of sp³-hybridized carbons (Fsp3) is 0.435. The lowest BCUT2D eigenvalue weighted by Gasteiger charge is -2.16. The number of aryl methyl sites for hydroxylation is 1. The zero-order valence-corrected chi connectivity index (χ0v) is 20.6. The van der Waals surface area contributed by atoms with Crippen LogP contribution in [0.5, 0.6) is 0 Å². The molecule has 1 fully saturated rings. The molecule has 3 rings (SSSR count). The summed E-state index contributed by atoms with van der Waals surface area (Å²) in [5.41, 5.74) is 3.15. The molecule has 0 bridgehead atoms. The molecule has 0 spiro atoms. The van der Waals surface area contributed by atoms with E-state index < -0.39 is 0 Å². The van der Waals surface area contributed by atoms with Crippen LogP contribution in [0, 0.1) is 6.92 Å². The molecule has 2 N–H and O–H groups in total. The van der Waals surface area contributed by atoms with E-state index in [9.17, 15) is 9.59 Å². The first-order valence-corrected chi connectivity index (χ1v) is 10.6. The summed E-state index contributed by atoms with van der Waals surface area (Å²) in [5.74, 6) is 0.958. The van der Waals surface area contributed by atoms with E-state index in [2.05, 4.69) is 15.6 Å².